The lowest BCUT2D eigenvalue weighted by molar-refractivity contribution is 0.439. The van der Waals surface area contributed by atoms with E-state index < -0.39 is 0 Å². The van der Waals surface area contributed by atoms with Crippen LogP contribution in [0.1, 0.15) is 58.0 Å². The van der Waals surface area contributed by atoms with Crippen molar-refractivity contribution in [2.75, 3.05) is 0 Å². The minimum absolute atomic E-state index is 0.409. The number of alkyl halides is 1. The standard InChI is InChI=1S/C12H22ClN3/c1-5-10(4)16-12(7-6-9(2)3)11(8-13)14-15-16/h9-10H,5-8H2,1-4H3. The lowest BCUT2D eigenvalue weighted by Gasteiger charge is -2.13. The van der Waals surface area contributed by atoms with Crippen molar-refractivity contribution in [1.82, 2.24) is 15.0 Å². The van der Waals surface area contributed by atoms with Crippen LogP contribution in [0.4, 0.5) is 0 Å². The van der Waals surface area contributed by atoms with Gasteiger partial charge in [-0.05, 0) is 32.1 Å². The third-order valence-electron chi connectivity index (χ3n) is 2.96. The summed E-state index contributed by atoms with van der Waals surface area (Å²) in [6.07, 6.45) is 3.25. The predicted octanol–water partition coefficient (Wildman–Crippen LogP) is 3.58. The Labute approximate surface area is 103 Å². The van der Waals surface area contributed by atoms with Gasteiger partial charge < -0.3 is 0 Å². The van der Waals surface area contributed by atoms with E-state index >= 15 is 0 Å². The van der Waals surface area contributed by atoms with Crippen LogP contribution in [-0.4, -0.2) is 15.0 Å². The van der Waals surface area contributed by atoms with Crippen molar-refractivity contribution in [3.63, 3.8) is 0 Å². The van der Waals surface area contributed by atoms with Crippen LogP contribution in [0.25, 0.3) is 0 Å². The molecule has 4 heteroatoms. The highest BCUT2D eigenvalue weighted by Crippen LogP contribution is 2.19. The van der Waals surface area contributed by atoms with Gasteiger partial charge in [-0.3, -0.25) is 0 Å². The topological polar surface area (TPSA) is 30.7 Å². The summed E-state index contributed by atoms with van der Waals surface area (Å²) in [4.78, 5) is 0. The van der Waals surface area contributed by atoms with Gasteiger partial charge >= 0.3 is 0 Å². The molecule has 0 radical (unpaired) electrons. The average molecular weight is 244 g/mol. The molecule has 1 heterocycles. The molecule has 0 aromatic carbocycles. The first-order valence-corrected chi connectivity index (χ1v) is 6.62. The first-order chi connectivity index (χ1) is 7.60. The zero-order chi connectivity index (χ0) is 12.1. The summed E-state index contributed by atoms with van der Waals surface area (Å²) in [6.45, 7) is 8.81. The molecule has 1 rings (SSSR count). The van der Waals surface area contributed by atoms with E-state index in [4.69, 9.17) is 11.6 Å². The second-order valence-electron chi connectivity index (χ2n) is 4.75. The van der Waals surface area contributed by atoms with Crippen molar-refractivity contribution in [1.29, 1.82) is 0 Å². The van der Waals surface area contributed by atoms with Crippen LogP contribution in [0, 0.1) is 5.92 Å². The maximum Gasteiger partial charge on any atom is 0.101 e. The zero-order valence-corrected chi connectivity index (χ0v) is 11.5. The Kier molecular flexibility index (Phi) is 5.26. The monoisotopic (exact) mass is 243 g/mol. The normalized spacial score (nSPS) is 13.4. The Morgan fingerprint density at radius 1 is 1.31 bits per heavy atom. The lowest BCUT2D eigenvalue weighted by Crippen LogP contribution is -2.11. The van der Waals surface area contributed by atoms with Crippen molar-refractivity contribution in [2.45, 2.75) is 58.9 Å². The molecule has 0 amide bonds. The molecule has 0 spiro atoms. The molecule has 0 fully saturated rings. The molecule has 3 nitrogen and oxygen atoms in total. The first-order valence-electron chi connectivity index (χ1n) is 6.09. The predicted molar refractivity (Wildman–Crippen MR) is 67.7 cm³/mol. The van der Waals surface area contributed by atoms with Gasteiger partial charge in [0.05, 0.1) is 17.6 Å². The molecule has 0 N–H and O–H groups in total. The van der Waals surface area contributed by atoms with E-state index in [0.717, 1.165) is 25.0 Å². The van der Waals surface area contributed by atoms with Crippen LogP contribution in [0.5, 0.6) is 0 Å². The number of halogens is 1. The van der Waals surface area contributed by atoms with E-state index in [9.17, 15) is 0 Å². The second-order valence-corrected chi connectivity index (χ2v) is 5.02. The van der Waals surface area contributed by atoms with Crippen LogP contribution < -0.4 is 0 Å². The number of nitrogens with zero attached hydrogens (tertiary/aromatic N) is 3. The Morgan fingerprint density at radius 2 is 2.00 bits per heavy atom. The minimum Gasteiger partial charge on any atom is -0.246 e. The smallest absolute Gasteiger partial charge is 0.101 e. The highest BCUT2D eigenvalue weighted by molar-refractivity contribution is 6.16. The zero-order valence-electron chi connectivity index (χ0n) is 10.7. The lowest BCUT2D eigenvalue weighted by atomic mass is 10.1. The SMILES string of the molecule is CCC(C)n1nnc(CCl)c1CCC(C)C. The van der Waals surface area contributed by atoms with Gasteiger partial charge in [0.15, 0.2) is 0 Å². The van der Waals surface area contributed by atoms with E-state index in [1.807, 2.05) is 4.68 Å². The molecule has 1 aromatic rings. The molecule has 0 aliphatic heterocycles. The fourth-order valence-corrected chi connectivity index (χ4v) is 1.87. The molecule has 0 saturated heterocycles. The summed E-state index contributed by atoms with van der Waals surface area (Å²) in [5.74, 6) is 1.16. The first kappa shape index (κ1) is 13.5. The highest BCUT2D eigenvalue weighted by atomic mass is 35.5. The average Bonchev–Trinajstić information content (AvgIpc) is 2.67. The van der Waals surface area contributed by atoms with Gasteiger partial charge in [-0.1, -0.05) is 26.0 Å². The number of hydrogen-bond donors (Lipinski definition) is 0. The molecular formula is C12H22ClN3. The molecule has 92 valence electrons. The summed E-state index contributed by atoms with van der Waals surface area (Å²) in [5.41, 5.74) is 2.17. The van der Waals surface area contributed by atoms with E-state index in [0.29, 0.717) is 17.8 Å². The van der Waals surface area contributed by atoms with Gasteiger partial charge in [-0.2, -0.15) is 0 Å². The largest absolute Gasteiger partial charge is 0.246 e. The third kappa shape index (κ3) is 3.21. The summed E-state index contributed by atoms with van der Waals surface area (Å²) in [5, 5.41) is 8.38. The molecule has 0 aliphatic carbocycles. The number of aromatic nitrogens is 3. The van der Waals surface area contributed by atoms with Crippen molar-refractivity contribution >= 4 is 11.6 Å². The molecule has 0 aliphatic rings. The Balaban J connectivity index is 2.87. The molecule has 1 atom stereocenters. The van der Waals surface area contributed by atoms with Gasteiger partial charge in [-0.15, -0.1) is 16.7 Å². The fourth-order valence-electron chi connectivity index (χ4n) is 1.66. The second kappa shape index (κ2) is 6.24. The quantitative estimate of drug-likeness (QED) is 0.715. The van der Waals surface area contributed by atoms with Crippen molar-refractivity contribution < 1.29 is 0 Å². The molecule has 16 heavy (non-hydrogen) atoms. The number of rotatable bonds is 6. The Hall–Kier alpha value is -0.570. The minimum atomic E-state index is 0.409. The van der Waals surface area contributed by atoms with Crippen LogP contribution in [-0.2, 0) is 12.3 Å². The van der Waals surface area contributed by atoms with Crippen LogP contribution >= 0.6 is 11.6 Å². The number of hydrogen-bond acceptors (Lipinski definition) is 2. The van der Waals surface area contributed by atoms with Gasteiger partial charge in [-0.25, -0.2) is 4.68 Å². The molecule has 1 unspecified atom stereocenters. The van der Waals surface area contributed by atoms with Gasteiger partial charge in [0.25, 0.3) is 0 Å². The van der Waals surface area contributed by atoms with Crippen molar-refractivity contribution in [2.24, 2.45) is 5.92 Å². The van der Waals surface area contributed by atoms with E-state index in [-0.39, 0.29) is 0 Å². The molecular weight excluding hydrogens is 222 g/mol. The summed E-state index contributed by atoms with van der Waals surface area (Å²) in [6, 6.07) is 0.409. The third-order valence-corrected chi connectivity index (χ3v) is 3.22. The summed E-state index contributed by atoms with van der Waals surface area (Å²) < 4.78 is 2.04. The summed E-state index contributed by atoms with van der Waals surface area (Å²) in [7, 11) is 0. The van der Waals surface area contributed by atoms with Crippen molar-refractivity contribution in [3.8, 4) is 0 Å². The molecule has 0 bridgehead atoms. The van der Waals surface area contributed by atoms with Gasteiger partial charge in [0, 0.05) is 0 Å². The maximum atomic E-state index is 5.89. The fraction of sp³-hybridized carbons (Fsp3) is 0.833. The highest BCUT2D eigenvalue weighted by Gasteiger charge is 2.15. The van der Waals surface area contributed by atoms with Crippen LogP contribution in [0.2, 0.25) is 0 Å². The van der Waals surface area contributed by atoms with E-state index in [1.54, 1.807) is 0 Å². The van der Waals surface area contributed by atoms with Crippen LogP contribution in [0.15, 0.2) is 0 Å². The molecule has 0 saturated carbocycles. The van der Waals surface area contributed by atoms with E-state index in [2.05, 4.69) is 38.0 Å². The Bertz CT molecular complexity index is 320. The molecule has 1 aromatic heterocycles. The van der Waals surface area contributed by atoms with E-state index in [1.165, 1.54) is 5.69 Å². The van der Waals surface area contributed by atoms with Gasteiger partial charge in [0.1, 0.15) is 5.69 Å². The summed E-state index contributed by atoms with van der Waals surface area (Å²) >= 11 is 5.89. The maximum absolute atomic E-state index is 5.89. The van der Waals surface area contributed by atoms with Gasteiger partial charge in [0.2, 0.25) is 0 Å². The van der Waals surface area contributed by atoms with Crippen molar-refractivity contribution in [3.05, 3.63) is 11.4 Å². The Morgan fingerprint density at radius 3 is 2.50 bits per heavy atom. The van der Waals surface area contributed by atoms with Crippen LogP contribution in [0.3, 0.4) is 0 Å².